The van der Waals surface area contributed by atoms with Gasteiger partial charge in [0, 0.05) is 18.5 Å². The highest BCUT2D eigenvalue weighted by Gasteiger charge is 2.33. The molecule has 0 saturated carbocycles. The van der Waals surface area contributed by atoms with E-state index in [2.05, 4.69) is 85.0 Å². The molecule has 0 aliphatic heterocycles. The highest BCUT2D eigenvalue weighted by molar-refractivity contribution is 5.79. The van der Waals surface area contributed by atoms with Crippen LogP contribution in [0.5, 0.6) is 0 Å². The maximum Gasteiger partial charge on any atom is 0.223 e. The molecule has 0 bridgehead atoms. The summed E-state index contributed by atoms with van der Waals surface area (Å²) in [5, 5.41) is 14.5. The first-order chi connectivity index (χ1) is 18.0. The molecule has 0 aromatic heterocycles. The largest absolute Gasteiger partial charge is 0.359 e. The SMILES string of the molecule is CC.CC.CC(C)C(c1ccccc1)N(O)C(C)(C)C.CNC(=O)C(C(C)C)C(C)(C)C.Cc1ccccc1. The summed E-state index contributed by atoms with van der Waals surface area (Å²) in [4.78, 5) is 11.5. The fourth-order valence-electron chi connectivity index (χ4n) is 4.26. The van der Waals surface area contributed by atoms with Gasteiger partial charge in [-0.3, -0.25) is 4.79 Å². The van der Waals surface area contributed by atoms with Crippen molar-refractivity contribution in [1.29, 1.82) is 0 Å². The van der Waals surface area contributed by atoms with Crippen molar-refractivity contribution in [1.82, 2.24) is 10.4 Å². The molecule has 0 radical (unpaired) electrons. The molecule has 2 rings (SSSR count). The van der Waals surface area contributed by atoms with Gasteiger partial charge in [-0.2, -0.15) is 5.06 Å². The number of carbonyl (C=O) groups is 1. The summed E-state index contributed by atoms with van der Waals surface area (Å²) in [6.07, 6.45) is 0. The number of benzene rings is 2. The average Bonchev–Trinajstić information content (AvgIpc) is 2.86. The zero-order valence-electron chi connectivity index (χ0n) is 28.4. The molecule has 2 N–H and O–H groups in total. The van der Waals surface area contributed by atoms with Crippen LogP contribution in [-0.4, -0.2) is 28.8 Å². The van der Waals surface area contributed by atoms with E-state index in [0.29, 0.717) is 11.8 Å². The monoisotopic (exact) mass is 544 g/mol. The summed E-state index contributed by atoms with van der Waals surface area (Å²) in [6, 6.07) is 20.5. The first kappa shape index (κ1) is 41.3. The van der Waals surface area contributed by atoms with Crippen molar-refractivity contribution in [3.05, 3.63) is 71.8 Å². The first-order valence-corrected chi connectivity index (χ1v) is 14.8. The Morgan fingerprint density at radius 2 is 1.13 bits per heavy atom. The van der Waals surface area contributed by atoms with Gasteiger partial charge in [-0.15, -0.1) is 0 Å². The van der Waals surface area contributed by atoms with Crippen molar-refractivity contribution < 1.29 is 10.0 Å². The maximum atomic E-state index is 11.5. The lowest BCUT2D eigenvalue weighted by Crippen LogP contribution is -2.43. The van der Waals surface area contributed by atoms with E-state index in [4.69, 9.17) is 0 Å². The van der Waals surface area contributed by atoms with Crippen molar-refractivity contribution in [2.24, 2.45) is 23.2 Å². The number of aryl methyl sites for hydroxylation is 1. The van der Waals surface area contributed by atoms with Gasteiger partial charge in [0.2, 0.25) is 5.91 Å². The predicted octanol–water partition coefficient (Wildman–Crippen LogP) is 9.97. The van der Waals surface area contributed by atoms with Crippen LogP contribution in [0.1, 0.15) is 114 Å². The number of hydroxylamine groups is 2. The van der Waals surface area contributed by atoms with Gasteiger partial charge in [-0.05, 0) is 50.5 Å². The Hall–Kier alpha value is -2.17. The molecule has 0 aliphatic rings. The van der Waals surface area contributed by atoms with E-state index in [0.717, 1.165) is 5.56 Å². The van der Waals surface area contributed by atoms with Crippen LogP contribution >= 0.6 is 0 Å². The Balaban J connectivity index is -0.000000495. The van der Waals surface area contributed by atoms with Crippen molar-refractivity contribution in [2.75, 3.05) is 7.05 Å². The zero-order chi connectivity index (χ0) is 31.4. The zero-order valence-corrected chi connectivity index (χ0v) is 28.4. The van der Waals surface area contributed by atoms with Crippen LogP contribution < -0.4 is 5.32 Å². The quantitative estimate of drug-likeness (QED) is 0.368. The molecule has 226 valence electrons. The standard InChI is InChI=1S/C14H23NO.C10H21NO.C7H8.2C2H6/c1-11(2)13(15(16)14(3,4)5)12-9-7-6-8-10-12;1-7(2)8(9(12)11-6)10(3,4)5;1-7-5-3-2-4-6-7;2*1-2/h6-11,13,16H,1-5H3;7-8H,1-6H3,(H,11,12);2-6H,1H3;2*1-2H3. The summed E-state index contributed by atoms with van der Waals surface area (Å²) in [7, 11) is 1.70. The molecule has 39 heavy (non-hydrogen) atoms. The molecule has 2 aromatic rings. The predicted molar refractivity (Wildman–Crippen MR) is 173 cm³/mol. The second kappa shape index (κ2) is 21.6. The molecule has 2 unspecified atom stereocenters. The number of nitrogens with one attached hydrogen (secondary N) is 1. The van der Waals surface area contributed by atoms with E-state index in [9.17, 15) is 10.0 Å². The van der Waals surface area contributed by atoms with Gasteiger partial charge >= 0.3 is 0 Å². The van der Waals surface area contributed by atoms with Gasteiger partial charge < -0.3 is 10.5 Å². The Morgan fingerprint density at radius 1 is 0.744 bits per heavy atom. The minimum Gasteiger partial charge on any atom is -0.359 e. The smallest absolute Gasteiger partial charge is 0.223 e. The molecule has 0 aliphatic carbocycles. The number of carbonyl (C=O) groups excluding carboxylic acids is 1. The summed E-state index contributed by atoms with van der Waals surface area (Å²) in [6.45, 7) is 30.9. The molecule has 2 aromatic carbocycles. The van der Waals surface area contributed by atoms with Crippen LogP contribution in [0.2, 0.25) is 0 Å². The number of amides is 1. The van der Waals surface area contributed by atoms with Gasteiger partial charge in [0.15, 0.2) is 0 Å². The summed E-state index contributed by atoms with van der Waals surface area (Å²) in [5.74, 6) is 1.01. The Morgan fingerprint density at radius 3 is 1.33 bits per heavy atom. The molecule has 0 saturated heterocycles. The Kier molecular flexibility index (Phi) is 22.9. The molecular formula is C35H64N2O2. The van der Waals surface area contributed by atoms with Crippen LogP contribution in [0.3, 0.4) is 0 Å². The second-order valence-corrected chi connectivity index (χ2v) is 12.0. The molecule has 0 heterocycles. The minimum absolute atomic E-state index is 0.0428. The van der Waals surface area contributed by atoms with Gasteiger partial charge in [-0.1, -0.05) is 142 Å². The number of hydrogen-bond acceptors (Lipinski definition) is 3. The van der Waals surface area contributed by atoms with Crippen molar-refractivity contribution in [3.8, 4) is 0 Å². The van der Waals surface area contributed by atoms with Crippen molar-refractivity contribution >= 4 is 5.91 Å². The lowest BCUT2D eigenvalue weighted by atomic mass is 9.74. The Labute approximate surface area is 243 Å². The number of hydrogen-bond donors (Lipinski definition) is 2. The highest BCUT2D eigenvalue weighted by Crippen LogP contribution is 2.32. The highest BCUT2D eigenvalue weighted by atomic mass is 16.5. The van der Waals surface area contributed by atoms with E-state index < -0.39 is 0 Å². The molecular weight excluding hydrogens is 480 g/mol. The number of rotatable bonds is 5. The minimum atomic E-state index is -0.245. The maximum absolute atomic E-state index is 11.5. The van der Waals surface area contributed by atoms with Gasteiger partial charge in [0.05, 0.1) is 6.04 Å². The fraction of sp³-hybridized carbons (Fsp3) is 0.629. The summed E-state index contributed by atoms with van der Waals surface area (Å²) in [5.41, 5.74) is 2.29. The van der Waals surface area contributed by atoms with Crippen LogP contribution in [0, 0.1) is 30.1 Å². The van der Waals surface area contributed by atoms with Crippen molar-refractivity contribution in [2.45, 2.75) is 115 Å². The van der Waals surface area contributed by atoms with Crippen LogP contribution in [0.25, 0.3) is 0 Å². The third-order valence-corrected chi connectivity index (χ3v) is 5.79. The lowest BCUT2D eigenvalue weighted by Gasteiger charge is -2.38. The molecule has 1 amide bonds. The molecule has 4 nitrogen and oxygen atoms in total. The van der Waals surface area contributed by atoms with Gasteiger partial charge in [-0.25, -0.2) is 0 Å². The molecule has 0 fully saturated rings. The normalized spacial score (nSPS) is 12.3. The summed E-state index contributed by atoms with van der Waals surface area (Å²) >= 11 is 0. The van der Waals surface area contributed by atoms with Crippen LogP contribution in [-0.2, 0) is 4.79 Å². The summed E-state index contributed by atoms with van der Waals surface area (Å²) < 4.78 is 0. The van der Waals surface area contributed by atoms with E-state index in [1.807, 2.05) is 84.9 Å². The molecule has 2 atom stereocenters. The van der Waals surface area contributed by atoms with Crippen LogP contribution in [0.15, 0.2) is 60.7 Å². The fourth-order valence-corrected chi connectivity index (χ4v) is 4.26. The molecule has 4 heteroatoms. The lowest BCUT2D eigenvalue weighted by molar-refractivity contribution is -0.199. The second-order valence-electron chi connectivity index (χ2n) is 12.0. The van der Waals surface area contributed by atoms with E-state index in [1.165, 1.54) is 10.6 Å². The van der Waals surface area contributed by atoms with Gasteiger partial charge in [0.25, 0.3) is 0 Å². The average molecular weight is 545 g/mol. The van der Waals surface area contributed by atoms with Crippen LogP contribution in [0.4, 0.5) is 0 Å². The van der Waals surface area contributed by atoms with E-state index in [-0.39, 0.29) is 28.8 Å². The third-order valence-electron chi connectivity index (χ3n) is 5.79. The van der Waals surface area contributed by atoms with E-state index in [1.54, 1.807) is 7.05 Å². The van der Waals surface area contributed by atoms with E-state index >= 15 is 0 Å². The Bertz CT molecular complexity index is 819. The topological polar surface area (TPSA) is 52.6 Å². The van der Waals surface area contributed by atoms with Crippen molar-refractivity contribution in [3.63, 3.8) is 0 Å². The van der Waals surface area contributed by atoms with Gasteiger partial charge in [0.1, 0.15) is 0 Å². The molecule has 0 spiro atoms. The third kappa shape index (κ3) is 17.9. The first-order valence-electron chi connectivity index (χ1n) is 14.8. The number of nitrogens with zero attached hydrogens (tertiary/aromatic N) is 1.